The van der Waals surface area contributed by atoms with Crippen LogP contribution in [-0.4, -0.2) is 20.5 Å². The summed E-state index contributed by atoms with van der Waals surface area (Å²) >= 11 is 6.72. The number of carboxylic acid groups (broad SMARTS) is 1. The van der Waals surface area contributed by atoms with Crippen LogP contribution in [0.4, 0.5) is 0 Å². The first kappa shape index (κ1) is 14.1. The van der Waals surface area contributed by atoms with E-state index in [1.807, 2.05) is 6.07 Å². The largest absolute Gasteiger partial charge is 0.476 e. The average Bonchev–Trinajstić information content (AvgIpc) is 2.80. The molecule has 0 saturated heterocycles. The summed E-state index contributed by atoms with van der Waals surface area (Å²) in [5.41, 5.74) is 0.499. The zero-order valence-electron chi connectivity index (χ0n) is 10.5. The number of fused-ring (bicyclic) bond motifs is 1. The van der Waals surface area contributed by atoms with Crippen LogP contribution >= 0.6 is 31.9 Å². The molecule has 0 atom stereocenters. The smallest absolute Gasteiger partial charge is 0.358 e. The van der Waals surface area contributed by atoms with Crippen molar-refractivity contribution in [3.63, 3.8) is 0 Å². The molecule has 0 saturated carbocycles. The number of halogens is 2. The van der Waals surface area contributed by atoms with E-state index in [0.29, 0.717) is 15.9 Å². The predicted molar refractivity (Wildman–Crippen MR) is 84.1 cm³/mol. The second kappa shape index (κ2) is 5.50. The molecule has 0 amide bonds. The maximum absolute atomic E-state index is 11.5. The molecule has 3 aromatic rings. The van der Waals surface area contributed by atoms with E-state index in [9.17, 15) is 9.90 Å². The van der Waals surface area contributed by atoms with Gasteiger partial charge in [0.25, 0.3) is 5.88 Å². The summed E-state index contributed by atoms with van der Waals surface area (Å²) in [5, 5.41) is 9.38. The molecule has 0 fully saturated rings. The lowest BCUT2D eigenvalue weighted by Gasteiger charge is -2.06. The lowest BCUT2D eigenvalue weighted by Crippen LogP contribution is -2.03. The van der Waals surface area contributed by atoms with E-state index in [1.54, 1.807) is 36.5 Å². The zero-order chi connectivity index (χ0) is 15.0. The lowest BCUT2D eigenvalue weighted by molar-refractivity contribution is 0.0686. The van der Waals surface area contributed by atoms with Crippen molar-refractivity contribution in [2.75, 3.05) is 0 Å². The molecule has 2 heterocycles. The van der Waals surface area contributed by atoms with E-state index in [2.05, 4.69) is 36.8 Å². The Morgan fingerprint density at radius 2 is 2.05 bits per heavy atom. The number of carbonyl (C=O) groups is 1. The van der Waals surface area contributed by atoms with E-state index in [0.717, 1.165) is 4.47 Å². The van der Waals surface area contributed by atoms with Gasteiger partial charge in [-0.05, 0) is 46.3 Å². The van der Waals surface area contributed by atoms with Crippen LogP contribution in [0.3, 0.4) is 0 Å². The van der Waals surface area contributed by atoms with Gasteiger partial charge in [-0.15, -0.1) is 0 Å². The summed E-state index contributed by atoms with van der Waals surface area (Å²) < 4.78 is 8.72. The topological polar surface area (TPSA) is 63.8 Å². The molecule has 1 N–H and O–H groups in total. The fourth-order valence-corrected chi connectivity index (χ4v) is 3.03. The van der Waals surface area contributed by atoms with Gasteiger partial charge in [-0.25, -0.2) is 4.79 Å². The van der Waals surface area contributed by atoms with Crippen LogP contribution in [0, 0.1) is 0 Å². The van der Waals surface area contributed by atoms with E-state index >= 15 is 0 Å². The van der Waals surface area contributed by atoms with Crippen molar-refractivity contribution >= 4 is 43.5 Å². The van der Waals surface area contributed by atoms with Crippen molar-refractivity contribution < 1.29 is 14.6 Å². The lowest BCUT2D eigenvalue weighted by atomic mass is 10.3. The van der Waals surface area contributed by atoms with Crippen LogP contribution < -0.4 is 4.74 Å². The van der Waals surface area contributed by atoms with Crippen LogP contribution in [-0.2, 0) is 0 Å². The second-order valence-electron chi connectivity index (χ2n) is 4.18. The van der Waals surface area contributed by atoms with Crippen LogP contribution in [0.15, 0.2) is 51.5 Å². The highest BCUT2D eigenvalue weighted by Gasteiger charge is 2.21. The van der Waals surface area contributed by atoms with Crippen molar-refractivity contribution in [3.05, 3.63) is 57.2 Å². The first-order valence-corrected chi connectivity index (χ1v) is 7.48. The zero-order valence-corrected chi connectivity index (χ0v) is 13.6. The van der Waals surface area contributed by atoms with Crippen LogP contribution in [0.2, 0.25) is 0 Å². The molecular formula is C14H8Br2N2O3. The minimum absolute atomic E-state index is 0.0135. The highest BCUT2D eigenvalue weighted by molar-refractivity contribution is 9.11. The van der Waals surface area contributed by atoms with Crippen LogP contribution in [0.1, 0.15) is 10.5 Å². The van der Waals surface area contributed by atoms with Gasteiger partial charge in [-0.1, -0.05) is 22.0 Å². The molecule has 0 unspecified atom stereocenters. The first-order chi connectivity index (χ1) is 10.1. The van der Waals surface area contributed by atoms with Gasteiger partial charge in [-0.3, -0.25) is 4.40 Å². The molecular weight excluding hydrogens is 404 g/mol. The number of ether oxygens (including phenoxy) is 1. The maximum atomic E-state index is 11.5. The SMILES string of the molecule is O=C(O)c1c(Oc2ccc(Br)cc2Br)nc2ccccn12. The summed E-state index contributed by atoms with van der Waals surface area (Å²) in [6.45, 7) is 0. The molecule has 1 aromatic carbocycles. The van der Waals surface area contributed by atoms with E-state index in [4.69, 9.17) is 4.74 Å². The molecule has 0 spiro atoms. The molecule has 0 aliphatic rings. The molecule has 3 rings (SSSR count). The number of aromatic carboxylic acids is 1. The first-order valence-electron chi connectivity index (χ1n) is 5.89. The third-order valence-electron chi connectivity index (χ3n) is 2.80. The van der Waals surface area contributed by atoms with Gasteiger partial charge in [0.1, 0.15) is 11.4 Å². The van der Waals surface area contributed by atoms with Crippen molar-refractivity contribution in [3.8, 4) is 11.6 Å². The highest BCUT2D eigenvalue weighted by Crippen LogP contribution is 2.33. The third kappa shape index (κ3) is 2.66. The Hall–Kier alpha value is -1.86. The minimum atomic E-state index is -1.10. The number of benzene rings is 1. The number of hydrogen-bond acceptors (Lipinski definition) is 3. The fraction of sp³-hybridized carbons (Fsp3) is 0. The van der Waals surface area contributed by atoms with Gasteiger partial charge in [0.15, 0.2) is 5.69 Å². The Morgan fingerprint density at radius 1 is 1.24 bits per heavy atom. The number of rotatable bonds is 3. The Labute approximate surface area is 136 Å². The van der Waals surface area contributed by atoms with E-state index in [-0.39, 0.29) is 11.6 Å². The normalized spacial score (nSPS) is 10.8. The highest BCUT2D eigenvalue weighted by atomic mass is 79.9. The summed E-state index contributed by atoms with van der Waals surface area (Å²) in [5.74, 6) is -0.558. The number of pyridine rings is 1. The quantitative estimate of drug-likeness (QED) is 0.695. The van der Waals surface area contributed by atoms with Gasteiger partial charge in [0, 0.05) is 10.7 Å². The molecule has 7 heteroatoms. The minimum Gasteiger partial charge on any atom is -0.476 e. The molecule has 106 valence electrons. The number of aromatic nitrogens is 2. The molecule has 0 bridgehead atoms. The molecule has 21 heavy (non-hydrogen) atoms. The number of carboxylic acids is 1. The average molecular weight is 412 g/mol. The Balaban J connectivity index is 2.12. The third-order valence-corrected chi connectivity index (χ3v) is 3.91. The maximum Gasteiger partial charge on any atom is 0.358 e. The van der Waals surface area contributed by atoms with Crippen LogP contribution in [0.5, 0.6) is 11.6 Å². The number of nitrogens with zero attached hydrogens (tertiary/aromatic N) is 2. The van der Waals surface area contributed by atoms with Gasteiger partial charge < -0.3 is 9.84 Å². The molecule has 0 aliphatic carbocycles. The standard InChI is InChI=1S/C14H8Br2N2O3/c15-8-4-5-10(9(16)7-8)21-13-12(14(19)20)18-6-2-1-3-11(18)17-13/h1-7H,(H,19,20). The van der Waals surface area contributed by atoms with Gasteiger partial charge >= 0.3 is 5.97 Å². The van der Waals surface area contributed by atoms with Crippen molar-refractivity contribution in [2.24, 2.45) is 0 Å². The number of hydrogen-bond donors (Lipinski definition) is 1. The van der Waals surface area contributed by atoms with Gasteiger partial charge in [0.2, 0.25) is 0 Å². The summed E-state index contributed by atoms with van der Waals surface area (Å²) in [4.78, 5) is 15.7. The van der Waals surface area contributed by atoms with Crippen molar-refractivity contribution in [1.29, 1.82) is 0 Å². The Morgan fingerprint density at radius 3 is 2.76 bits per heavy atom. The van der Waals surface area contributed by atoms with Crippen molar-refractivity contribution in [1.82, 2.24) is 9.38 Å². The molecule has 5 nitrogen and oxygen atoms in total. The fourth-order valence-electron chi connectivity index (χ4n) is 1.90. The predicted octanol–water partition coefficient (Wildman–Crippen LogP) is 4.35. The van der Waals surface area contributed by atoms with Gasteiger partial charge in [0.05, 0.1) is 4.47 Å². The second-order valence-corrected chi connectivity index (χ2v) is 5.95. The van der Waals surface area contributed by atoms with E-state index in [1.165, 1.54) is 4.40 Å². The molecule has 2 aromatic heterocycles. The monoisotopic (exact) mass is 410 g/mol. The van der Waals surface area contributed by atoms with E-state index < -0.39 is 5.97 Å². The number of imidazole rings is 1. The Bertz CT molecular complexity index is 845. The van der Waals surface area contributed by atoms with Crippen molar-refractivity contribution in [2.45, 2.75) is 0 Å². The van der Waals surface area contributed by atoms with Gasteiger partial charge in [-0.2, -0.15) is 4.98 Å². The van der Waals surface area contributed by atoms with Crippen LogP contribution in [0.25, 0.3) is 5.65 Å². The summed E-state index contributed by atoms with van der Waals surface area (Å²) in [6, 6.07) is 10.6. The summed E-state index contributed by atoms with van der Waals surface area (Å²) in [6.07, 6.45) is 1.63. The molecule has 0 radical (unpaired) electrons. The Kier molecular flexibility index (Phi) is 3.69. The molecule has 0 aliphatic heterocycles. The summed E-state index contributed by atoms with van der Waals surface area (Å²) in [7, 11) is 0.